The maximum Gasteiger partial charge on any atom is 0.0400 e. The molecule has 0 aromatic heterocycles. The molecule has 0 saturated carbocycles. The zero-order chi connectivity index (χ0) is 9.71. The van der Waals surface area contributed by atoms with Gasteiger partial charge in [-0.2, -0.15) is 0 Å². The van der Waals surface area contributed by atoms with Gasteiger partial charge in [0.25, 0.3) is 0 Å². The van der Waals surface area contributed by atoms with E-state index in [1.165, 1.54) is 27.8 Å². The van der Waals surface area contributed by atoms with Crippen LogP contribution in [0.2, 0.25) is 0 Å². The average molecular weight is 181 g/mol. The highest BCUT2D eigenvalue weighted by atomic mass is 14.6. The van der Waals surface area contributed by atoms with Crippen molar-refractivity contribution in [2.24, 2.45) is 0 Å². The maximum atomic E-state index is 5.96. The van der Waals surface area contributed by atoms with Gasteiger partial charge >= 0.3 is 0 Å². The highest BCUT2D eigenvalue weighted by Gasteiger charge is 2.25. The summed E-state index contributed by atoms with van der Waals surface area (Å²) in [5.74, 6) is 0. The number of rotatable bonds is 0. The quantitative estimate of drug-likeness (QED) is 0.529. The minimum absolute atomic E-state index is 0.893. The Hall–Kier alpha value is -1.76. The van der Waals surface area contributed by atoms with Gasteiger partial charge in [0.1, 0.15) is 0 Å². The number of hydrogen-bond donors (Lipinski definition) is 1. The predicted octanol–water partition coefficient (Wildman–Crippen LogP) is 3.22. The lowest BCUT2D eigenvalue weighted by Gasteiger charge is -2.27. The van der Waals surface area contributed by atoms with Crippen LogP contribution in [0, 0.1) is 6.92 Å². The van der Waals surface area contributed by atoms with E-state index in [1.54, 1.807) is 0 Å². The van der Waals surface area contributed by atoms with Gasteiger partial charge in [0.15, 0.2) is 0 Å². The predicted molar refractivity (Wildman–Crippen MR) is 60.0 cm³/mol. The zero-order valence-electron chi connectivity index (χ0n) is 8.04. The van der Waals surface area contributed by atoms with Gasteiger partial charge in [0.2, 0.25) is 0 Å². The van der Waals surface area contributed by atoms with Crippen LogP contribution in [0.25, 0.3) is 22.3 Å². The first-order valence-corrected chi connectivity index (χ1v) is 4.78. The van der Waals surface area contributed by atoms with E-state index < -0.39 is 0 Å². The minimum atomic E-state index is 0.893. The van der Waals surface area contributed by atoms with Crippen molar-refractivity contribution in [3.05, 3.63) is 42.0 Å². The zero-order valence-corrected chi connectivity index (χ0v) is 8.04. The molecule has 1 aliphatic rings. The van der Waals surface area contributed by atoms with Crippen LogP contribution in [0.3, 0.4) is 0 Å². The summed E-state index contributed by atoms with van der Waals surface area (Å²) in [5, 5.41) is 0. The second kappa shape index (κ2) is 2.38. The van der Waals surface area contributed by atoms with Crippen LogP contribution in [0.15, 0.2) is 36.4 Å². The van der Waals surface area contributed by atoms with E-state index in [2.05, 4.69) is 37.3 Å². The average Bonchev–Trinajstić information content (AvgIpc) is 2.16. The molecule has 2 aromatic carbocycles. The van der Waals surface area contributed by atoms with E-state index in [1.807, 2.05) is 6.07 Å². The molecule has 1 nitrogen and oxygen atoms in total. The van der Waals surface area contributed by atoms with Crippen LogP contribution in [-0.2, 0) is 0 Å². The molecule has 14 heavy (non-hydrogen) atoms. The summed E-state index contributed by atoms with van der Waals surface area (Å²) in [6.45, 7) is 2.13. The Morgan fingerprint density at radius 1 is 0.857 bits per heavy atom. The molecule has 0 bridgehead atoms. The first kappa shape index (κ1) is 7.63. The normalized spacial score (nSPS) is 11.5. The Kier molecular flexibility index (Phi) is 1.30. The molecule has 2 aromatic rings. The molecule has 0 aliphatic heterocycles. The van der Waals surface area contributed by atoms with E-state index >= 15 is 0 Å². The van der Waals surface area contributed by atoms with Gasteiger partial charge in [-0.25, -0.2) is 0 Å². The third-order valence-corrected chi connectivity index (χ3v) is 2.91. The van der Waals surface area contributed by atoms with Crippen molar-refractivity contribution in [2.75, 3.05) is 5.73 Å². The van der Waals surface area contributed by atoms with Crippen LogP contribution >= 0.6 is 0 Å². The van der Waals surface area contributed by atoms with Crippen molar-refractivity contribution >= 4 is 5.69 Å². The van der Waals surface area contributed by atoms with Gasteiger partial charge in [0.05, 0.1) is 0 Å². The van der Waals surface area contributed by atoms with Crippen LogP contribution in [-0.4, -0.2) is 0 Å². The van der Waals surface area contributed by atoms with Crippen molar-refractivity contribution in [3.8, 4) is 22.3 Å². The standard InChI is InChI=1S/C13H11N/c1-8-6-7-11(14)13-10-5-3-2-4-9(10)12(8)13/h2-7H,14H2,1H3. The summed E-state index contributed by atoms with van der Waals surface area (Å²) in [4.78, 5) is 0. The Labute approximate surface area is 83.2 Å². The summed E-state index contributed by atoms with van der Waals surface area (Å²) in [5.41, 5.74) is 13.4. The molecule has 0 heterocycles. The molecule has 0 amide bonds. The molecule has 0 unspecified atom stereocenters. The van der Waals surface area contributed by atoms with Gasteiger partial charge in [-0.05, 0) is 35.2 Å². The van der Waals surface area contributed by atoms with Crippen molar-refractivity contribution in [1.29, 1.82) is 0 Å². The van der Waals surface area contributed by atoms with Crippen LogP contribution in [0.5, 0.6) is 0 Å². The number of benzene rings is 2. The second-order valence-corrected chi connectivity index (χ2v) is 3.77. The smallest absolute Gasteiger partial charge is 0.0400 e. The monoisotopic (exact) mass is 181 g/mol. The van der Waals surface area contributed by atoms with Gasteiger partial charge in [-0.15, -0.1) is 0 Å². The molecule has 0 fully saturated rings. The highest BCUT2D eigenvalue weighted by molar-refractivity contribution is 6.08. The molecular weight excluding hydrogens is 170 g/mol. The van der Waals surface area contributed by atoms with Gasteiger partial charge in [-0.1, -0.05) is 30.3 Å². The summed E-state index contributed by atoms with van der Waals surface area (Å²) < 4.78 is 0. The van der Waals surface area contributed by atoms with Crippen LogP contribution < -0.4 is 5.73 Å². The van der Waals surface area contributed by atoms with E-state index in [4.69, 9.17) is 5.73 Å². The van der Waals surface area contributed by atoms with Crippen molar-refractivity contribution in [1.82, 2.24) is 0 Å². The fraction of sp³-hybridized carbons (Fsp3) is 0.0769. The number of fused-ring (bicyclic) bond motifs is 4. The number of aryl methyl sites for hydroxylation is 1. The number of anilines is 1. The van der Waals surface area contributed by atoms with Crippen LogP contribution in [0.4, 0.5) is 5.69 Å². The van der Waals surface area contributed by atoms with Crippen molar-refractivity contribution in [2.45, 2.75) is 6.92 Å². The fourth-order valence-electron chi connectivity index (χ4n) is 2.22. The largest absolute Gasteiger partial charge is 0.398 e. The third-order valence-electron chi connectivity index (χ3n) is 2.91. The Morgan fingerprint density at radius 2 is 1.50 bits per heavy atom. The lowest BCUT2D eigenvalue weighted by Crippen LogP contribution is -2.04. The minimum Gasteiger partial charge on any atom is -0.398 e. The number of nitrogens with two attached hydrogens (primary N) is 1. The highest BCUT2D eigenvalue weighted by Crippen LogP contribution is 2.51. The first-order valence-electron chi connectivity index (χ1n) is 4.78. The number of nitrogen functional groups attached to an aromatic ring is 1. The summed E-state index contributed by atoms with van der Waals surface area (Å²) in [7, 11) is 0. The van der Waals surface area contributed by atoms with E-state index in [-0.39, 0.29) is 0 Å². The maximum absolute atomic E-state index is 5.96. The topological polar surface area (TPSA) is 26.0 Å². The lowest BCUT2D eigenvalue weighted by molar-refractivity contribution is 1.41. The molecule has 0 spiro atoms. The fourth-order valence-corrected chi connectivity index (χ4v) is 2.22. The molecule has 2 N–H and O–H groups in total. The first-order chi connectivity index (χ1) is 6.79. The molecule has 0 atom stereocenters. The van der Waals surface area contributed by atoms with Crippen LogP contribution in [0.1, 0.15) is 5.56 Å². The van der Waals surface area contributed by atoms with Gasteiger partial charge < -0.3 is 5.73 Å². The third kappa shape index (κ3) is 0.746. The molecule has 0 saturated heterocycles. The second-order valence-electron chi connectivity index (χ2n) is 3.77. The molecule has 68 valence electrons. The summed E-state index contributed by atoms with van der Waals surface area (Å²) >= 11 is 0. The van der Waals surface area contributed by atoms with Gasteiger partial charge in [0, 0.05) is 11.3 Å². The molecule has 3 rings (SSSR count). The van der Waals surface area contributed by atoms with E-state index in [0.29, 0.717) is 0 Å². The molecule has 1 aliphatic carbocycles. The van der Waals surface area contributed by atoms with Crippen molar-refractivity contribution in [3.63, 3.8) is 0 Å². The SMILES string of the molecule is Cc1ccc(N)c2c1-c1ccccc1-2. The number of hydrogen-bond acceptors (Lipinski definition) is 1. The van der Waals surface area contributed by atoms with Crippen molar-refractivity contribution < 1.29 is 0 Å². The molecular formula is C13H11N. The Bertz CT molecular complexity index is 479. The Morgan fingerprint density at radius 3 is 2.21 bits per heavy atom. The van der Waals surface area contributed by atoms with E-state index in [9.17, 15) is 0 Å². The van der Waals surface area contributed by atoms with Gasteiger partial charge in [-0.3, -0.25) is 0 Å². The Balaban J connectivity index is 2.37. The van der Waals surface area contributed by atoms with E-state index in [0.717, 1.165) is 5.69 Å². The lowest BCUT2D eigenvalue weighted by atomic mass is 9.77. The summed E-state index contributed by atoms with van der Waals surface area (Å²) in [6, 6.07) is 12.5. The molecule has 1 heteroatoms. The molecule has 0 radical (unpaired) electrons. The summed E-state index contributed by atoms with van der Waals surface area (Å²) in [6.07, 6.45) is 0.